The van der Waals surface area contributed by atoms with E-state index in [-0.39, 0.29) is 12.8 Å². The standard InChI is InChI=1S/C12H22N2O4/c1-3-11(13,9(15)16)7-5-6-8-12(14,4-2)10(17)18/h5-6H,3-4,7-8,13-14H2,1-2H3,(H,15,16)(H,17,18). The van der Waals surface area contributed by atoms with E-state index in [1.54, 1.807) is 26.0 Å². The minimum Gasteiger partial charge on any atom is -0.480 e. The van der Waals surface area contributed by atoms with Crippen LogP contribution in [0.3, 0.4) is 0 Å². The zero-order valence-corrected chi connectivity index (χ0v) is 10.8. The molecule has 0 spiro atoms. The van der Waals surface area contributed by atoms with E-state index in [0.717, 1.165) is 0 Å². The molecular formula is C12H22N2O4. The maximum absolute atomic E-state index is 10.9. The lowest BCUT2D eigenvalue weighted by molar-refractivity contribution is -0.144. The average molecular weight is 258 g/mol. The van der Waals surface area contributed by atoms with Crippen LogP contribution < -0.4 is 11.5 Å². The molecule has 0 radical (unpaired) electrons. The summed E-state index contributed by atoms with van der Waals surface area (Å²) in [7, 11) is 0. The zero-order valence-electron chi connectivity index (χ0n) is 10.8. The van der Waals surface area contributed by atoms with Crippen molar-refractivity contribution in [2.24, 2.45) is 11.5 Å². The van der Waals surface area contributed by atoms with E-state index in [1.807, 2.05) is 0 Å². The predicted molar refractivity (Wildman–Crippen MR) is 68.1 cm³/mol. The van der Waals surface area contributed by atoms with Crippen molar-refractivity contribution in [3.63, 3.8) is 0 Å². The summed E-state index contributed by atoms with van der Waals surface area (Å²) >= 11 is 0. The van der Waals surface area contributed by atoms with Crippen molar-refractivity contribution in [1.82, 2.24) is 0 Å². The van der Waals surface area contributed by atoms with E-state index < -0.39 is 23.0 Å². The van der Waals surface area contributed by atoms with Gasteiger partial charge in [-0.1, -0.05) is 26.0 Å². The summed E-state index contributed by atoms with van der Waals surface area (Å²) in [6.45, 7) is 3.39. The molecule has 18 heavy (non-hydrogen) atoms. The highest BCUT2D eigenvalue weighted by atomic mass is 16.4. The minimum absolute atomic E-state index is 0.151. The minimum atomic E-state index is -1.30. The van der Waals surface area contributed by atoms with Crippen LogP contribution >= 0.6 is 0 Å². The first-order valence-electron chi connectivity index (χ1n) is 5.91. The third kappa shape index (κ3) is 4.12. The Labute approximate surface area is 107 Å². The lowest BCUT2D eigenvalue weighted by atomic mass is 9.90. The molecule has 104 valence electrons. The maximum atomic E-state index is 10.9. The molecule has 0 amide bonds. The Morgan fingerprint density at radius 2 is 1.22 bits per heavy atom. The third-order valence-electron chi connectivity index (χ3n) is 3.24. The first-order chi connectivity index (χ1) is 8.22. The quantitative estimate of drug-likeness (QED) is 0.475. The number of carbonyl (C=O) groups is 2. The van der Waals surface area contributed by atoms with E-state index in [0.29, 0.717) is 12.8 Å². The van der Waals surface area contributed by atoms with Gasteiger partial charge in [-0.25, -0.2) is 0 Å². The molecule has 0 aromatic carbocycles. The Morgan fingerprint density at radius 3 is 1.39 bits per heavy atom. The van der Waals surface area contributed by atoms with Gasteiger partial charge in [-0.2, -0.15) is 0 Å². The Bertz CT molecular complexity index is 311. The Kier molecular flexibility index (Phi) is 6.00. The summed E-state index contributed by atoms with van der Waals surface area (Å²) in [6.07, 6.45) is 4.06. The second kappa shape index (κ2) is 6.51. The van der Waals surface area contributed by atoms with Crippen LogP contribution in [0.5, 0.6) is 0 Å². The highest BCUT2D eigenvalue weighted by Crippen LogP contribution is 2.16. The largest absolute Gasteiger partial charge is 0.480 e. The molecule has 6 heteroatoms. The summed E-state index contributed by atoms with van der Waals surface area (Å²) in [5.41, 5.74) is 8.76. The highest BCUT2D eigenvalue weighted by Gasteiger charge is 2.32. The Hall–Kier alpha value is -1.40. The second-order valence-electron chi connectivity index (χ2n) is 4.51. The molecule has 0 bridgehead atoms. The van der Waals surface area contributed by atoms with E-state index in [1.165, 1.54) is 0 Å². The maximum Gasteiger partial charge on any atom is 0.323 e. The number of aliphatic carboxylic acids is 2. The van der Waals surface area contributed by atoms with Crippen molar-refractivity contribution in [3.05, 3.63) is 12.2 Å². The smallest absolute Gasteiger partial charge is 0.323 e. The van der Waals surface area contributed by atoms with Gasteiger partial charge < -0.3 is 21.7 Å². The molecule has 0 aromatic rings. The van der Waals surface area contributed by atoms with Gasteiger partial charge in [0.05, 0.1) is 0 Å². The van der Waals surface area contributed by atoms with Gasteiger partial charge in [-0.05, 0) is 25.7 Å². The molecule has 0 aliphatic heterocycles. The first kappa shape index (κ1) is 16.6. The van der Waals surface area contributed by atoms with Gasteiger partial charge in [0.1, 0.15) is 11.1 Å². The van der Waals surface area contributed by atoms with Crippen molar-refractivity contribution in [2.45, 2.75) is 50.6 Å². The van der Waals surface area contributed by atoms with Crippen molar-refractivity contribution in [3.8, 4) is 0 Å². The van der Waals surface area contributed by atoms with Gasteiger partial charge in [-0.3, -0.25) is 9.59 Å². The summed E-state index contributed by atoms with van der Waals surface area (Å²) in [6, 6.07) is 0. The van der Waals surface area contributed by atoms with Crippen LogP contribution in [0.15, 0.2) is 12.2 Å². The Morgan fingerprint density at radius 1 is 0.944 bits per heavy atom. The van der Waals surface area contributed by atoms with Gasteiger partial charge in [0.25, 0.3) is 0 Å². The van der Waals surface area contributed by atoms with Crippen LogP contribution in [0.2, 0.25) is 0 Å². The number of carboxylic acid groups (broad SMARTS) is 2. The topological polar surface area (TPSA) is 127 Å². The van der Waals surface area contributed by atoms with Crippen molar-refractivity contribution in [2.75, 3.05) is 0 Å². The van der Waals surface area contributed by atoms with Crippen LogP contribution in [0.1, 0.15) is 39.5 Å². The normalized spacial score (nSPS) is 18.2. The molecule has 0 aromatic heterocycles. The van der Waals surface area contributed by atoms with Crippen LogP contribution in [0.25, 0.3) is 0 Å². The molecule has 6 N–H and O–H groups in total. The highest BCUT2D eigenvalue weighted by molar-refractivity contribution is 5.79. The molecule has 0 rings (SSSR count). The van der Waals surface area contributed by atoms with Crippen molar-refractivity contribution in [1.29, 1.82) is 0 Å². The molecule has 0 heterocycles. The molecule has 2 unspecified atom stereocenters. The summed E-state index contributed by atoms with van der Waals surface area (Å²) in [4.78, 5) is 21.9. The van der Waals surface area contributed by atoms with Gasteiger partial charge >= 0.3 is 11.9 Å². The van der Waals surface area contributed by atoms with Crippen LogP contribution in [-0.2, 0) is 9.59 Å². The summed E-state index contributed by atoms with van der Waals surface area (Å²) < 4.78 is 0. The van der Waals surface area contributed by atoms with Crippen LogP contribution in [-0.4, -0.2) is 33.2 Å². The van der Waals surface area contributed by atoms with Gasteiger partial charge in [0, 0.05) is 0 Å². The molecule has 0 aliphatic rings. The lowest BCUT2D eigenvalue weighted by Gasteiger charge is -2.22. The SMILES string of the molecule is CCC(N)(CC=CCC(N)(CC)C(=O)O)C(=O)O. The van der Waals surface area contributed by atoms with Crippen molar-refractivity contribution >= 4 is 11.9 Å². The van der Waals surface area contributed by atoms with Crippen LogP contribution in [0, 0.1) is 0 Å². The second-order valence-corrected chi connectivity index (χ2v) is 4.51. The van der Waals surface area contributed by atoms with E-state index >= 15 is 0 Å². The zero-order chi connectivity index (χ0) is 14.4. The number of hydrogen-bond donors (Lipinski definition) is 4. The average Bonchev–Trinajstić information content (AvgIpc) is 2.33. The molecule has 2 atom stereocenters. The first-order valence-corrected chi connectivity index (χ1v) is 5.91. The number of carboxylic acids is 2. The molecule has 0 saturated heterocycles. The van der Waals surface area contributed by atoms with E-state index in [9.17, 15) is 9.59 Å². The van der Waals surface area contributed by atoms with Gasteiger partial charge in [-0.15, -0.1) is 0 Å². The summed E-state index contributed by atoms with van der Waals surface area (Å²) in [5, 5.41) is 17.9. The fourth-order valence-electron chi connectivity index (χ4n) is 1.35. The van der Waals surface area contributed by atoms with E-state index in [4.69, 9.17) is 21.7 Å². The molecule has 6 nitrogen and oxygen atoms in total. The molecular weight excluding hydrogens is 236 g/mol. The van der Waals surface area contributed by atoms with Gasteiger partial charge in [0.15, 0.2) is 0 Å². The number of rotatable bonds is 8. The lowest BCUT2D eigenvalue weighted by Crippen LogP contribution is -2.47. The van der Waals surface area contributed by atoms with Crippen LogP contribution in [0.4, 0.5) is 0 Å². The van der Waals surface area contributed by atoms with Crippen molar-refractivity contribution < 1.29 is 19.8 Å². The number of hydrogen-bond acceptors (Lipinski definition) is 4. The van der Waals surface area contributed by atoms with E-state index in [2.05, 4.69) is 0 Å². The monoisotopic (exact) mass is 258 g/mol. The Balaban J connectivity index is 4.52. The fourth-order valence-corrected chi connectivity index (χ4v) is 1.35. The molecule has 0 aliphatic carbocycles. The number of nitrogens with two attached hydrogens (primary N) is 2. The fraction of sp³-hybridized carbons (Fsp3) is 0.667. The molecule has 0 saturated carbocycles. The molecule has 0 fully saturated rings. The van der Waals surface area contributed by atoms with Gasteiger partial charge in [0.2, 0.25) is 0 Å². The predicted octanol–water partition coefficient (Wildman–Crippen LogP) is 0.707. The summed E-state index contributed by atoms with van der Waals surface area (Å²) in [5.74, 6) is -2.13. The third-order valence-corrected chi connectivity index (χ3v) is 3.24.